The van der Waals surface area contributed by atoms with E-state index in [-0.39, 0.29) is 5.92 Å². The predicted molar refractivity (Wildman–Crippen MR) is 109 cm³/mol. The van der Waals surface area contributed by atoms with E-state index in [9.17, 15) is 4.79 Å². The molecule has 3 aliphatic heterocycles. The Morgan fingerprint density at radius 3 is 2.68 bits per heavy atom. The van der Waals surface area contributed by atoms with E-state index >= 15 is 0 Å². The lowest BCUT2D eigenvalue weighted by Gasteiger charge is -2.43. The van der Waals surface area contributed by atoms with E-state index in [0.717, 1.165) is 76.7 Å². The third-order valence-electron chi connectivity index (χ3n) is 6.29. The third-order valence-corrected chi connectivity index (χ3v) is 6.29. The van der Waals surface area contributed by atoms with Crippen LogP contribution in [0.2, 0.25) is 0 Å². The Morgan fingerprint density at radius 2 is 1.93 bits per heavy atom. The average Bonchev–Trinajstić information content (AvgIpc) is 2.79. The van der Waals surface area contributed by atoms with E-state index in [0.29, 0.717) is 25.2 Å². The molecule has 3 fully saturated rings. The fourth-order valence-corrected chi connectivity index (χ4v) is 4.65. The van der Waals surface area contributed by atoms with Gasteiger partial charge in [0.05, 0.1) is 19.1 Å². The molecule has 1 unspecified atom stereocenters. The molecule has 4 rings (SSSR count). The number of rotatable bonds is 4. The summed E-state index contributed by atoms with van der Waals surface area (Å²) in [6, 6.07) is 2.44. The Morgan fingerprint density at radius 1 is 1.14 bits per heavy atom. The lowest BCUT2D eigenvalue weighted by molar-refractivity contribution is -0.141. The number of amides is 1. The molecule has 4 heterocycles. The number of carbonyl (C=O) groups excluding carboxylic acids is 1. The lowest BCUT2D eigenvalue weighted by Crippen LogP contribution is -2.52. The van der Waals surface area contributed by atoms with Gasteiger partial charge in [-0.2, -0.15) is 4.98 Å². The van der Waals surface area contributed by atoms with E-state index in [1.165, 1.54) is 0 Å². The number of nitrogens with one attached hydrogen (secondary N) is 1. The molecular formula is C20H32N6O2. The van der Waals surface area contributed by atoms with Gasteiger partial charge in [0.2, 0.25) is 11.9 Å². The fourth-order valence-electron chi connectivity index (χ4n) is 4.65. The van der Waals surface area contributed by atoms with Crippen LogP contribution in [0.1, 0.15) is 25.7 Å². The summed E-state index contributed by atoms with van der Waals surface area (Å²) in [5.41, 5.74) is 0. The summed E-state index contributed by atoms with van der Waals surface area (Å²) in [6.07, 6.45) is 6.16. The van der Waals surface area contributed by atoms with Gasteiger partial charge in [-0.3, -0.25) is 9.69 Å². The van der Waals surface area contributed by atoms with Crippen LogP contribution in [-0.4, -0.2) is 91.2 Å². The first-order chi connectivity index (χ1) is 13.7. The van der Waals surface area contributed by atoms with Gasteiger partial charge in [0.25, 0.3) is 0 Å². The molecule has 1 atom stereocenters. The molecular weight excluding hydrogens is 356 g/mol. The molecule has 3 saturated heterocycles. The maximum absolute atomic E-state index is 12.9. The van der Waals surface area contributed by atoms with Crippen LogP contribution in [0.4, 0.5) is 11.8 Å². The number of likely N-dealkylation sites (tertiary alicyclic amines) is 1. The molecule has 3 aliphatic rings. The number of anilines is 2. The maximum atomic E-state index is 12.9. The minimum absolute atomic E-state index is 0.153. The molecule has 1 aromatic rings. The number of hydrogen-bond acceptors (Lipinski definition) is 7. The highest BCUT2D eigenvalue weighted by molar-refractivity contribution is 5.79. The van der Waals surface area contributed by atoms with Crippen molar-refractivity contribution in [3.63, 3.8) is 0 Å². The van der Waals surface area contributed by atoms with Crippen molar-refractivity contribution in [2.45, 2.75) is 31.7 Å². The number of hydrogen-bond donors (Lipinski definition) is 1. The molecule has 0 saturated carbocycles. The maximum Gasteiger partial charge on any atom is 0.227 e. The highest BCUT2D eigenvalue weighted by Crippen LogP contribution is 2.26. The van der Waals surface area contributed by atoms with Crippen LogP contribution >= 0.6 is 0 Å². The Labute approximate surface area is 167 Å². The van der Waals surface area contributed by atoms with E-state index in [2.05, 4.69) is 25.1 Å². The number of morpholine rings is 1. The number of aromatic nitrogens is 2. The normalized spacial score (nSPS) is 25.0. The van der Waals surface area contributed by atoms with E-state index in [4.69, 9.17) is 4.74 Å². The summed E-state index contributed by atoms with van der Waals surface area (Å²) < 4.78 is 5.39. The van der Waals surface area contributed by atoms with E-state index in [1.807, 2.05) is 24.2 Å². The monoisotopic (exact) mass is 388 g/mol. The Bertz CT molecular complexity index is 658. The van der Waals surface area contributed by atoms with Gasteiger partial charge in [-0.05, 0) is 38.3 Å². The molecule has 0 aromatic carbocycles. The highest BCUT2D eigenvalue weighted by atomic mass is 16.5. The minimum atomic E-state index is 0.153. The number of nitrogens with zero attached hydrogens (tertiary/aromatic N) is 5. The van der Waals surface area contributed by atoms with Gasteiger partial charge in [-0.1, -0.05) is 0 Å². The van der Waals surface area contributed by atoms with Crippen LogP contribution in [-0.2, 0) is 9.53 Å². The molecule has 154 valence electrons. The van der Waals surface area contributed by atoms with Gasteiger partial charge in [-0.15, -0.1) is 0 Å². The molecule has 28 heavy (non-hydrogen) atoms. The summed E-state index contributed by atoms with van der Waals surface area (Å²) in [5.74, 6) is 2.15. The quantitative estimate of drug-likeness (QED) is 0.827. The molecule has 1 aromatic heterocycles. The lowest BCUT2D eigenvalue weighted by atomic mass is 9.92. The van der Waals surface area contributed by atoms with Crippen LogP contribution in [0.25, 0.3) is 0 Å². The van der Waals surface area contributed by atoms with Crippen LogP contribution in [0.5, 0.6) is 0 Å². The van der Waals surface area contributed by atoms with Crippen molar-refractivity contribution in [1.82, 2.24) is 19.8 Å². The average molecular weight is 389 g/mol. The SMILES string of the molecule is CNc1ccnc(N2CCC(N3CCCC(C(=O)N4CCOCC4)C3)CC2)n1. The summed E-state index contributed by atoms with van der Waals surface area (Å²) in [7, 11) is 1.88. The summed E-state index contributed by atoms with van der Waals surface area (Å²) >= 11 is 0. The fraction of sp³-hybridized carbons (Fsp3) is 0.750. The van der Waals surface area contributed by atoms with Gasteiger partial charge >= 0.3 is 0 Å². The standard InChI is InChI=1S/C20H32N6O2/c1-21-18-4-7-22-20(23-18)25-9-5-17(6-10-25)26-8-2-3-16(15-26)19(27)24-11-13-28-14-12-24/h4,7,16-17H,2-3,5-6,8-15H2,1H3,(H,21,22,23). The van der Waals surface area contributed by atoms with E-state index < -0.39 is 0 Å². The van der Waals surface area contributed by atoms with Crippen molar-refractivity contribution >= 4 is 17.7 Å². The summed E-state index contributed by atoms with van der Waals surface area (Å²) in [6.45, 7) is 6.82. The zero-order valence-corrected chi connectivity index (χ0v) is 16.8. The second-order valence-corrected chi connectivity index (χ2v) is 7.98. The van der Waals surface area contributed by atoms with Crippen LogP contribution < -0.4 is 10.2 Å². The van der Waals surface area contributed by atoms with Gasteiger partial charge in [0, 0.05) is 52.0 Å². The van der Waals surface area contributed by atoms with Crippen molar-refractivity contribution in [3.05, 3.63) is 12.3 Å². The smallest absolute Gasteiger partial charge is 0.227 e. The Balaban J connectivity index is 1.30. The largest absolute Gasteiger partial charge is 0.378 e. The first-order valence-corrected chi connectivity index (χ1v) is 10.6. The number of ether oxygens (including phenoxy) is 1. The molecule has 8 nitrogen and oxygen atoms in total. The van der Waals surface area contributed by atoms with Gasteiger partial charge < -0.3 is 19.9 Å². The van der Waals surface area contributed by atoms with Crippen LogP contribution in [0, 0.1) is 5.92 Å². The number of carbonyl (C=O) groups is 1. The molecule has 1 amide bonds. The second-order valence-electron chi connectivity index (χ2n) is 7.98. The predicted octanol–water partition coefficient (Wildman–Crippen LogP) is 1.06. The summed E-state index contributed by atoms with van der Waals surface area (Å²) in [4.78, 5) is 28.7. The first kappa shape index (κ1) is 19.4. The van der Waals surface area contributed by atoms with Crippen molar-refractivity contribution in [2.75, 3.05) is 69.7 Å². The van der Waals surface area contributed by atoms with Gasteiger partial charge in [0.1, 0.15) is 5.82 Å². The van der Waals surface area contributed by atoms with Crippen molar-refractivity contribution in [2.24, 2.45) is 5.92 Å². The zero-order valence-electron chi connectivity index (χ0n) is 16.8. The van der Waals surface area contributed by atoms with Crippen LogP contribution in [0.3, 0.4) is 0 Å². The molecule has 0 aliphatic carbocycles. The first-order valence-electron chi connectivity index (χ1n) is 10.6. The van der Waals surface area contributed by atoms with Crippen molar-refractivity contribution in [3.8, 4) is 0 Å². The third kappa shape index (κ3) is 4.38. The number of piperidine rings is 2. The highest BCUT2D eigenvalue weighted by Gasteiger charge is 2.34. The van der Waals surface area contributed by atoms with Crippen molar-refractivity contribution in [1.29, 1.82) is 0 Å². The zero-order chi connectivity index (χ0) is 19.3. The molecule has 0 bridgehead atoms. The van der Waals surface area contributed by atoms with Crippen LogP contribution in [0.15, 0.2) is 12.3 Å². The Kier molecular flexibility index (Phi) is 6.26. The topological polar surface area (TPSA) is 73.8 Å². The van der Waals surface area contributed by atoms with Gasteiger partial charge in [-0.25, -0.2) is 4.98 Å². The second kappa shape index (κ2) is 9.05. The minimum Gasteiger partial charge on any atom is -0.378 e. The molecule has 8 heteroatoms. The molecule has 1 N–H and O–H groups in total. The molecule has 0 spiro atoms. The Hall–Kier alpha value is -1.93. The van der Waals surface area contributed by atoms with E-state index in [1.54, 1.807) is 0 Å². The molecule has 0 radical (unpaired) electrons. The van der Waals surface area contributed by atoms with Gasteiger partial charge in [0.15, 0.2) is 0 Å². The van der Waals surface area contributed by atoms with Crippen molar-refractivity contribution < 1.29 is 9.53 Å². The summed E-state index contributed by atoms with van der Waals surface area (Å²) in [5, 5.41) is 3.08.